The van der Waals surface area contributed by atoms with Crippen LogP contribution in [-0.2, 0) is 30.8 Å². The molecule has 0 aliphatic heterocycles. The summed E-state index contributed by atoms with van der Waals surface area (Å²) >= 11 is 0. The Labute approximate surface area is 144 Å². The maximum atomic E-state index is 12.0. The first-order valence-corrected chi connectivity index (χ1v) is 7.91. The molecule has 25 heavy (non-hydrogen) atoms. The topological polar surface area (TPSA) is 94.7 Å². The molecule has 0 fully saturated rings. The number of amides is 1. The summed E-state index contributed by atoms with van der Waals surface area (Å²) in [4.78, 5) is 27.1. The van der Waals surface area contributed by atoms with Crippen LogP contribution in [-0.4, -0.2) is 30.2 Å². The lowest BCUT2D eigenvalue weighted by Crippen LogP contribution is -2.33. The van der Waals surface area contributed by atoms with E-state index in [1.807, 2.05) is 22.8 Å². The summed E-state index contributed by atoms with van der Waals surface area (Å²) in [6.45, 7) is 0.901. The van der Waals surface area contributed by atoms with Gasteiger partial charge in [0.1, 0.15) is 12.9 Å². The van der Waals surface area contributed by atoms with E-state index in [9.17, 15) is 9.59 Å². The highest BCUT2D eigenvalue weighted by Crippen LogP contribution is 2.03. The molecule has 0 aliphatic carbocycles. The largest absolute Gasteiger partial charge is 0.347 e. The predicted molar refractivity (Wildman–Crippen MR) is 90.5 cm³/mol. The van der Waals surface area contributed by atoms with E-state index in [4.69, 9.17) is 0 Å². The molecule has 0 aliphatic rings. The maximum absolute atomic E-state index is 12.0. The lowest BCUT2D eigenvalue weighted by atomic mass is 10.1. The third-order valence-electron chi connectivity index (χ3n) is 3.72. The van der Waals surface area contributed by atoms with Gasteiger partial charge in [0, 0.05) is 18.9 Å². The predicted octanol–water partition coefficient (Wildman–Crippen LogP) is 0.394. The Kier molecular flexibility index (Phi) is 5.30. The Morgan fingerprint density at radius 3 is 2.76 bits per heavy atom. The average Bonchev–Trinajstić information content (AvgIpc) is 3.08. The van der Waals surface area contributed by atoms with Gasteiger partial charge in [-0.1, -0.05) is 30.3 Å². The summed E-state index contributed by atoms with van der Waals surface area (Å²) in [5.74, 6) is 0.385. The van der Waals surface area contributed by atoms with Crippen LogP contribution in [0.5, 0.6) is 0 Å². The van der Waals surface area contributed by atoms with Crippen molar-refractivity contribution in [3.05, 3.63) is 77.0 Å². The van der Waals surface area contributed by atoms with E-state index in [1.165, 1.54) is 22.5 Å². The van der Waals surface area contributed by atoms with Gasteiger partial charge in [0.15, 0.2) is 5.82 Å². The van der Waals surface area contributed by atoms with Crippen LogP contribution < -0.4 is 11.0 Å². The van der Waals surface area contributed by atoms with Gasteiger partial charge in [-0.15, -0.1) is 10.2 Å². The van der Waals surface area contributed by atoms with Gasteiger partial charge in [-0.3, -0.25) is 9.36 Å². The first kappa shape index (κ1) is 16.6. The van der Waals surface area contributed by atoms with E-state index in [0.29, 0.717) is 5.82 Å². The van der Waals surface area contributed by atoms with Crippen molar-refractivity contribution in [2.24, 2.45) is 0 Å². The van der Waals surface area contributed by atoms with Crippen molar-refractivity contribution in [2.45, 2.75) is 26.1 Å². The van der Waals surface area contributed by atoms with Gasteiger partial charge in [-0.05, 0) is 18.1 Å². The van der Waals surface area contributed by atoms with Crippen LogP contribution in [0.25, 0.3) is 0 Å². The van der Waals surface area contributed by atoms with E-state index in [0.717, 1.165) is 13.0 Å². The van der Waals surface area contributed by atoms with Gasteiger partial charge < -0.3 is 9.88 Å². The lowest BCUT2D eigenvalue weighted by Gasteiger charge is -2.09. The normalized spacial score (nSPS) is 10.6. The minimum atomic E-state index is -0.455. The summed E-state index contributed by atoms with van der Waals surface area (Å²) in [5.41, 5.74) is 0.769. The molecule has 0 saturated heterocycles. The summed E-state index contributed by atoms with van der Waals surface area (Å²) in [7, 11) is 0. The lowest BCUT2D eigenvalue weighted by molar-refractivity contribution is -0.121. The first-order chi connectivity index (χ1) is 12.2. The summed E-state index contributed by atoms with van der Waals surface area (Å²) in [6, 6.07) is 11.7. The molecule has 1 amide bonds. The number of carbonyl (C=O) groups excluding carboxylic acids is 1. The molecule has 0 saturated carbocycles. The molecule has 0 atom stereocenters. The Hall–Kier alpha value is -3.29. The van der Waals surface area contributed by atoms with Crippen molar-refractivity contribution < 1.29 is 4.79 Å². The molecule has 0 radical (unpaired) electrons. The van der Waals surface area contributed by atoms with E-state index in [-0.39, 0.29) is 19.0 Å². The minimum Gasteiger partial charge on any atom is -0.347 e. The fraction of sp³-hybridized carbons (Fsp3) is 0.235. The number of benzene rings is 1. The van der Waals surface area contributed by atoms with Crippen molar-refractivity contribution in [3.8, 4) is 0 Å². The minimum absolute atomic E-state index is 0.0785. The third-order valence-corrected chi connectivity index (χ3v) is 3.72. The van der Waals surface area contributed by atoms with Crippen LogP contribution in [0.2, 0.25) is 0 Å². The van der Waals surface area contributed by atoms with Crippen molar-refractivity contribution in [2.75, 3.05) is 0 Å². The second-order valence-electron chi connectivity index (χ2n) is 5.48. The first-order valence-electron chi connectivity index (χ1n) is 7.91. The number of aryl methyl sites for hydroxylation is 2. The highest BCUT2D eigenvalue weighted by molar-refractivity contribution is 5.75. The number of nitrogens with one attached hydrogen (secondary N) is 1. The van der Waals surface area contributed by atoms with Gasteiger partial charge in [-0.25, -0.2) is 9.78 Å². The molecule has 2 aromatic heterocycles. The number of hydrogen-bond donors (Lipinski definition) is 1. The molecule has 0 unspecified atom stereocenters. The van der Waals surface area contributed by atoms with Gasteiger partial charge >= 0.3 is 5.69 Å². The molecule has 3 rings (SSSR count). The van der Waals surface area contributed by atoms with E-state index >= 15 is 0 Å². The molecule has 8 nitrogen and oxygen atoms in total. The third kappa shape index (κ3) is 4.60. The number of nitrogens with zero attached hydrogens (tertiary/aromatic N) is 5. The van der Waals surface area contributed by atoms with Crippen LogP contribution in [0.4, 0.5) is 0 Å². The second-order valence-corrected chi connectivity index (χ2v) is 5.48. The van der Waals surface area contributed by atoms with Crippen molar-refractivity contribution in [1.29, 1.82) is 0 Å². The number of carbonyl (C=O) groups is 1. The maximum Gasteiger partial charge on any atom is 0.347 e. The van der Waals surface area contributed by atoms with E-state index in [2.05, 4.69) is 32.6 Å². The fourth-order valence-corrected chi connectivity index (χ4v) is 2.39. The zero-order chi connectivity index (χ0) is 17.5. The second kappa shape index (κ2) is 8.00. The van der Waals surface area contributed by atoms with Gasteiger partial charge in [0.25, 0.3) is 0 Å². The van der Waals surface area contributed by atoms with Crippen molar-refractivity contribution in [3.63, 3.8) is 0 Å². The highest BCUT2D eigenvalue weighted by atomic mass is 16.2. The number of hydrogen-bond acceptors (Lipinski definition) is 5. The Morgan fingerprint density at radius 1 is 1.12 bits per heavy atom. The molecule has 8 heteroatoms. The SMILES string of the molecule is O=C(Cn1cccnc1=O)NCc1nncn1CCc1ccccc1. The van der Waals surface area contributed by atoms with Crippen LogP contribution >= 0.6 is 0 Å². The summed E-state index contributed by atoms with van der Waals surface area (Å²) in [6.07, 6.45) is 5.42. The molecule has 0 bridgehead atoms. The molecule has 2 heterocycles. The molecule has 3 aromatic rings. The van der Waals surface area contributed by atoms with E-state index in [1.54, 1.807) is 12.4 Å². The number of rotatable bonds is 7. The quantitative estimate of drug-likeness (QED) is 0.673. The average molecular weight is 338 g/mol. The van der Waals surface area contributed by atoms with Crippen molar-refractivity contribution in [1.82, 2.24) is 29.6 Å². The number of aromatic nitrogens is 5. The van der Waals surface area contributed by atoms with Crippen LogP contribution in [0.15, 0.2) is 59.9 Å². The zero-order valence-corrected chi connectivity index (χ0v) is 13.6. The van der Waals surface area contributed by atoms with Crippen LogP contribution in [0, 0.1) is 0 Å². The molecular formula is C17H18N6O2. The summed E-state index contributed by atoms with van der Waals surface area (Å²) in [5, 5.41) is 10.7. The molecule has 1 aromatic carbocycles. The zero-order valence-electron chi connectivity index (χ0n) is 13.6. The molecule has 128 valence electrons. The fourth-order valence-electron chi connectivity index (χ4n) is 2.39. The monoisotopic (exact) mass is 338 g/mol. The molecular weight excluding hydrogens is 320 g/mol. The highest BCUT2D eigenvalue weighted by Gasteiger charge is 2.08. The van der Waals surface area contributed by atoms with Gasteiger partial charge in [0.2, 0.25) is 5.91 Å². The Balaban J connectivity index is 1.53. The Morgan fingerprint density at radius 2 is 1.96 bits per heavy atom. The van der Waals surface area contributed by atoms with Gasteiger partial charge in [0.05, 0.1) is 6.54 Å². The van der Waals surface area contributed by atoms with Gasteiger partial charge in [-0.2, -0.15) is 0 Å². The van der Waals surface area contributed by atoms with E-state index < -0.39 is 5.69 Å². The smallest absolute Gasteiger partial charge is 0.347 e. The summed E-state index contributed by atoms with van der Waals surface area (Å²) < 4.78 is 3.15. The Bertz CT molecular complexity index is 887. The molecule has 0 spiro atoms. The van der Waals surface area contributed by atoms with Crippen LogP contribution in [0.1, 0.15) is 11.4 Å². The molecule has 1 N–H and O–H groups in total. The van der Waals surface area contributed by atoms with Crippen LogP contribution in [0.3, 0.4) is 0 Å². The standard InChI is InChI=1S/C17H18N6O2/c24-16(12-22-9-4-8-18-17(22)25)19-11-15-21-20-13-23(15)10-7-14-5-2-1-3-6-14/h1-6,8-9,13H,7,10-12H2,(H,19,24). The van der Waals surface area contributed by atoms with Crippen molar-refractivity contribution >= 4 is 5.91 Å².